The summed E-state index contributed by atoms with van der Waals surface area (Å²) in [5.41, 5.74) is 0. The van der Waals surface area contributed by atoms with Crippen molar-refractivity contribution in [3.63, 3.8) is 0 Å². The van der Waals surface area contributed by atoms with E-state index in [1.165, 1.54) is 39.0 Å². The van der Waals surface area contributed by atoms with Crippen LogP contribution in [0.4, 0.5) is 4.79 Å². The van der Waals surface area contributed by atoms with Gasteiger partial charge in [0.05, 0.1) is 6.04 Å². The van der Waals surface area contributed by atoms with Crippen LogP contribution in [0.1, 0.15) is 52.9 Å². The topological polar surface area (TPSA) is 61.4 Å². The first-order valence-corrected chi connectivity index (χ1v) is 7.70. The van der Waals surface area contributed by atoms with Crippen LogP contribution in [0.3, 0.4) is 0 Å². The van der Waals surface area contributed by atoms with Crippen molar-refractivity contribution in [3.05, 3.63) is 0 Å². The summed E-state index contributed by atoms with van der Waals surface area (Å²) < 4.78 is 0. The van der Waals surface area contributed by atoms with E-state index in [4.69, 9.17) is 0 Å². The highest BCUT2D eigenvalue weighted by molar-refractivity contribution is 5.86. The van der Waals surface area contributed by atoms with Crippen LogP contribution in [-0.4, -0.2) is 49.4 Å². The van der Waals surface area contributed by atoms with Gasteiger partial charge in [0.15, 0.2) is 5.78 Å². The zero-order chi connectivity index (χ0) is 15.4. The maximum atomic E-state index is 11.5. The largest absolute Gasteiger partial charge is 0.337 e. The number of ketones is 1. The number of Topliss-reactive ketones (excluding diaryl/α,β-unsaturated/α-hetero) is 1. The van der Waals surface area contributed by atoms with E-state index < -0.39 is 6.04 Å². The molecule has 2 N–H and O–H groups in total. The molecule has 0 heterocycles. The van der Waals surface area contributed by atoms with Gasteiger partial charge in [-0.15, -0.1) is 0 Å². The van der Waals surface area contributed by atoms with Gasteiger partial charge >= 0.3 is 6.03 Å². The number of amides is 2. The highest BCUT2D eigenvalue weighted by Gasteiger charge is 2.10. The van der Waals surface area contributed by atoms with Gasteiger partial charge in [-0.25, -0.2) is 4.79 Å². The molecule has 0 saturated carbocycles. The van der Waals surface area contributed by atoms with E-state index in [2.05, 4.69) is 29.5 Å². The lowest BCUT2D eigenvalue weighted by Gasteiger charge is -2.17. The van der Waals surface area contributed by atoms with Gasteiger partial charge in [-0.2, -0.15) is 0 Å². The van der Waals surface area contributed by atoms with E-state index in [0.29, 0.717) is 6.54 Å². The Kier molecular flexibility index (Phi) is 11.1. The third-order valence-corrected chi connectivity index (χ3v) is 3.38. The summed E-state index contributed by atoms with van der Waals surface area (Å²) in [5.74, 6) is -0.0376. The Bertz CT molecular complexity index is 282. The molecule has 0 aromatic heterocycles. The molecule has 5 heteroatoms. The van der Waals surface area contributed by atoms with Gasteiger partial charge in [0.1, 0.15) is 0 Å². The lowest BCUT2D eigenvalue weighted by molar-refractivity contribution is -0.118. The number of carbonyl (C=O) groups excluding carboxylic acids is 2. The van der Waals surface area contributed by atoms with Crippen molar-refractivity contribution < 1.29 is 9.59 Å². The van der Waals surface area contributed by atoms with Crippen molar-refractivity contribution in [1.29, 1.82) is 0 Å². The molecular weight excluding hydrogens is 254 g/mol. The Morgan fingerprint density at radius 3 is 2.35 bits per heavy atom. The fraction of sp³-hybridized carbons (Fsp3) is 0.867. The van der Waals surface area contributed by atoms with Crippen molar-refractivity contribution in [2.45, 2.75) is 58.9 Å². The Morgan fingerprint density at radius 1 is 1.10 bits per heavy atom. The summed E-state index contributed by atoms with van der Waals surface area (Å²) in [6.07, 6.45) is 6.40. The smallest absolute Gasteiger partial charge is 0.315 e. The van der Waals surface area contributed by atoms with Crippen LogP contribution in [0.5, 0.6) is 0 Å². The molecule has 1 atom stereocenters. The molecule has 0 radical (unpaired) electrons. The number of urea groups is 1. The van der Waals surface area contributed by atoms with Crippen molar-refractivity contribution in [2.24, 2.45) is 0 Å². The summed E-state index contributed by atoms with van der Waals surface area (Å²) in [5, 5.41) is 5.37. The van der Waals surface area contributed by atoms with E-state index in [1.807, 2.05) is 0 Å². The molecule has 5 nitrogen and oxygen atoms in total. The van der Waals surface area contributed by atoms with E-state index in [-0.39, 0.29) is 11.8 Å². The molecule has 20 heavy (non-hydrogen) atoms. The van der Waals surface area contributed by atoms with Crippen LogP contribution in [0, 0.1) is 0 Å². The Balaban J connectivity index is 3.53. The van der Waals surface area contributed by atoms with Gasteiger partial charge < -0.3 is 15.5 Å². The number of hydrogen-bond acceptors (Lipinski definition) is 3. The van der Waals surface area contributed by atoms with Crippen molar-refractivity contribution in [1.82, 2.24) is 15.5 Å². The quantitative estimate of drug-likeness (QED) is 0.572. The fourth-order valence-electron chi connectivity index (χ4n) is 1.81. The van der Waals surface area contributed by atoms with Crippen LogP contribution < -0.4 is 10.6 Å². The zero-order valence-corrected chi connectivity index (χ0v) is 13.5. The first-order chi connectivity index (χ1) is 9.47. The molecular formula is C15H31N3O2. The second-order valence-electron chi connectivity index (χ2n) is 5.45. The molecule has 0 aliphatic carbocycles. The number of carbonyl (C=O) groups is 2. The monoisotopic (exact) mass is 285 g/mol. The average molecular weight is 285 g/mol. The number of likely N-dealkylation sites (N-methyl/N-ethyl adjacent to an activating group) is 1. The molecule has 0 saturated heterocycles. The second kappa shape index (κ2) is 11.7. The van der Waals surface area contributed by atoms with Gasteiger partial charge in [0.25, 0.3) is 0 Å². The van der Waals surface area contributed by atoms with Crippen LogP contribution >= 0.6 is 0 Å². The molecule has 0 rings (SSSR count). The summed E-state index contributed by atoms with van der Waals surface area (Å²) >= 11 is 0. The standard InChI is InChI=1S/C15H31N3O2/c1-5-6-7-8-9-11-18(4)12-10-16-15(20)17-13(2)14(3)19/h13H,5-12H2,1-4H3,(H2,16,17,20)/t13-/m1/s1. The van der Waals surface area contributed by atoms with Gasteiger partial charge in [-0.05, 0) is 33.9 Å². The molecule has 0 fully saturated rings. The maximum absolute atomic E-state index is 11.5. The first kappa shape index (κ1) is 18.9. The Morgan fingerprint density at radius 2 is 1.75 bits per heavy atom. The predicted octanol–water partition coefficient (Wildman–Crippen LogP) is 2.17. The number of rotatable bonds is 11. The number of nitrogens with zero attached hydrogens (tertiary/aromatic N) is 1. The SMILES string of the molecule is CCCCCCCN(C)CCNC(=O)N[C@H](C)C(C)=O. The summed E-state index contributed by atoms with van der Waals surface area (Å²) in [6, 6.07) is -0.699. The minimum Gasteiger partial charge on any atom is -0.337 e. The molecule has 0 aliphatic heterocycles. The number of unbranched alkanes of at least 4 members (excludes halogenated alkanes) is 4. The van der Waals surface area contributed by atoms with Gasteiger partial charge in [-0.3, -0.25) is 4.79 Å². The minimum atomic E-state index is -0.425. The van der Waals surface area contributed by atoms with E-state index >= 15 is 0 Å². The first-order valence-electron chi connectivity index (χ1n) is 7.70. The van der Waals surface area contributed by atoms with Crippen LogP contribution in [-0.2, 0) is 4.79 Å². The summed E-state index contributed by atoms with van der Waals surface area (Å²) in [4.78, 5) is 24.7. The van der Waals surface area contributed by atoms with Crippen molar-refractivity contribution in [2.75, 3.05) is 26.7 Å². The minimum absolute atomic E-state index is 0.0376. The fourth-order valence-corrected chi connectivity index (χ4v) is 1.81. The Hall–Kier alpha value is -1.10. The van der Waals surface area contributed by atoms with Crippen LogP contribution in [0.2, 0.25) is 0 Å². The molecule has 118 valence electrons. The normalized spacial score (nSPS) is 12.2. The maximum Gasteiger partial charge on any atom is 0.315 e. The zero-order valence-electron chi connectivity index (χ0n) is 13.5. The molecule has 0 aromatic carbocycles. The second-order valence-corrected chi connectivity index (χ2v) is 5.45. The highest BCUT2D eigenvalue weighted by atomic mass is 16.2. The van der Waals surface area contributed by atoms with E-state index in [9.17, 15) is 9.59 Å². The lowest BCUT2D eigenvalue weighted by Crippen LogP contribution is -2.45. The van der Waals surface area contributed by atoms with Gasteiger partial charge in [0.2, 0.25) is 0 Å². The van der Waals surface area contributed by atoms with E-state index in [1.54, 1.807) is 6.92 Å². The molecule has 0 spiro atoms. The molecule has 0 aromatic rings. The summed E-state index contributed by atoms with van der Waals surface area (Å²) in [7, 11) is 2.07. The third kappa shape index (κ3) is 10.8. The predicted molar refractivity (Wildman–Crippen MR) is 82.9 cm³/mol. The highest BCUT2D eigenvalue weighted by Crippen LogP contribution is 2.02. The van der Waals surface area contributed by atoms with Crippen molar-refractivity contribution >= 4 is 11.8 Å². The number of nitrogens with one attached hydrogen (secondary N) is 2. The lowest BCUT2D eigenvalue weighted by atomic mass is 10.1. The summed E-state index contributed by atoms with van der Waals surface area (Å²) in [6.45, 7) is 7.87. The molecule has 0 aliphatic rings. The van der Waals surface area contributed by atoms with Crippen LogP contribution in [0.15, 0.2) is 0 Å². The molecule has 2 amide bonds. The molecule has 0 bridgehead atoms. The van der Waals surface area contributed by atoms with E-state index in [0.717, 1.165) is 13.1 Å². The van der Waals surface area contributed by atoms with Gasteiger partial charge in [0, 0.05) is 13.1 Å². The average Bonchev–Trinajstić information content (AvgIpc) is 2.38. The number of hydrogen-bond donors (Lipinski definition) is 2. The van der Waals surface area contributed by atoms with Crippen LogP contribution in [0.25, 0.3) is 0 Å². The van der Waals surface area contributed by atoms with Crippen molar-refractivity contribution in [3.8, 4) is 0 Å². The Labute approximate surface area is 123 Å². The van der Waals surface area contributed by atoms with Gasteiger partial charge in [-0.1, -0.05) is 32.6 Å². The molecule has 0 unspecified atom stereocenters. The third-order valence-electron chi connectivity index (χ3n) is 3.38.